The van der Waals surface area contributed by atoms with Crippen LogP contribution in [0.3, 0.4) is 0 Å². The number of benzene rings is 2. The average molecular weight is 482 g/mol. The number of hydrogen-bond acceptors (Lipinski definition) is 8. The largest absolute Gasteiger partial charge is 0.478 e. The summed E-state index contributed by atoms with van der Waals surface area (Å²) in [6, 6.07) is 15.8. The first-order valence-corrected chi connectivity index (χ1v) is 11.0. The number of anilines is 1. The van der Waals surface area contributed by atoms with Gasteiger partial charge in [-0.05, 0) is 31.5 Å². The molecule has 0 saturated carbocycles. The third-order valence-corrected chi connectivity index (χ3v) is 5.81. The lowest BCUT2D eigenvalue weighted by Gasteiger charge is -2.29. The lowest BCUT2D eigenvalue weighted by Crippen LogP contribution is -2.43. The second-order valence-corrected chi connectivity index (χ2v) is 8.09. The molecule has 0 bridgehead atoms. The quantitative estimate of drug-likeness (QED) is 0.432. The van der Waals surface area contributed by atoms with Gasteiger partial charge in [0.05, 0.1) is 21.1 Å². The molecular weight excluding hydrogens is 454 g/mol. The molecule has 0 radical (unpaired) electrons. The number of allylic oxidation sites excluding steroid dienone is 3. The van der Waals surface area contributed by atoms with Crippen molar-refractivity contribution in [3.8, 4) is 0 Å². The molecule has 0 amide bonds. The van der Waals surface area contributed by atoms with E-state index in [9.17, 15) is 30.1 Å². The number of nitro groups is 2. The molecule has 1 saturated heterocycles. The van der Waals surface area contributed by atoms with Crippen molar-refractivity contribution >= 4 is 17.3 Å². The number of nitrogens with one attached hydrogen (secondary N) is 2. The molecule has 35 heavy (non-hydrogen) atoms. The van der Waals surface area contributed by atoms with Crippen molar-refractivity contribution in [2.24, 2.45) is 0 Å². The number of para-hydroxylation sites is 1. The Morgan fingerprint density at radius 2 is 1.63 bits per heavy atom. The van der Waals surface area contributed by atoms with E-state index in [-0.39, 0.29) is 33.9 Å². The summed E-state index contributed by atoms with van der Waals surface area (Å²) in [5.74, 6) is -2.51. The van der Waals surface area contributed by atoms with Crippen molar-refractivity contribution in [1.82, 2.24) is 10.6 Å². The molecule has 2 heterocycles. The van der Waals surface area contributed by atoms with Crippen molar-refractivity contribution in [2.45, 2.75) is 19.8 Å². The van der Waals surface area contributed by atoms with Gasteiger partial charge in [0.15, 0.2) is 0 Å². The normalized spacial score (nSPS) is 17.8. The highest BCUT2D eigenvalue weighted by atomic mass is 16.6. The maximum atomic E-state index is 11.6. The molecular formula is C24H27N5O6. The van der Waals surface area contributed by atoms with Gasteiger partial charge in [0.1, 0.15) is 5.92 Å². The molecule has 2 aliphatic rings. The molecule has 11 heteroatoms. The molecule has 2 aliphatic heterocycles. The van der Waals surface area contributed by atoms with Gasteiger partial charge in [0.25, 0.3) is 11.4 Å². The number of aliphatic carboxylic acids is 1. The molecule has 1 atom stereocenters. The topological polar surface area (TPSA) is 151 Å². The van der Waals surface area contributed by atoms with E-state index >= 15 is 0 Å². The minimum atomic E-state index is -1.32. The van der Waals surface area contributed by atoms with Crippen molar-refractivity contribution < 1.29 is 19.7 Å². The number of nitro benzene ring substituents is 1. The molecule has 184 valence electrons. The Morgan fingerprint density at radius 1 is 0.971 bits per heavy atom. The first-order chi connectivity index (χ1) is 16.7. The van der Waals surface area contributed by atoms with Gasteiger partial charge in [-0.3, -0.25) is 20.2 Å². The predicted molar refractivity (Wildman–Crippen MR) is 131 cm³/mol. The van der Waals surface area contributed by atoms with E-state index in [0.29, 0.717) is 0 Å². The smallest absolute Gasteiger partial charge is 0.334 e. The Bertz CT molecular complexity index is 1140. The average Bonchev–Trinajstić information content (AvgIpc) is 2.84. The van der Waals surface area contributed by atoms with Crippen LogP contribution in [-0.4, -0.2) is 47.1 Å². The van der Waals surface area contributed by atoms with E-state index in [4.69, 9.17) is 0 Å². The van der Waals surface area contributed by atoms with E-state index in [1.165, 1.54) is 37.7 Å². The Kier molecular flexibility index (Phi) is 8.16. The Hall–Kier alpha value is -4.25. The maximum Gasteiger partial charge on any atom is 0.334 e. The van der Waals surface area contributed by atoms with Crippen LogP contribution in [0.1, 0.15) is 25.3 Å². The maximum absolute atomic E-state index is 11.6. The van der Waals surface area contributed by atoms with E-state index < -0.39 is 21.7 Å². The van der Waals surface area contributed by atoms with Gasteiger partial charge >= 0.3 is 5.97 Å². The second-order valence-electron chi connectivity index (χ2n) is 8.09. The van der Waals surface area contributed by atoms with Crippen molar-refractivity contribution in [1.29, 1.82) is 0 Å². The van der Waals surface area contributed by atoms with Gasteiger partial charge in [-0.25, -0.2) is 4.79 Å². The van der Waals surface area contributed by atoms with E-state index in [1.807, 2.05) is 0 Å². The first kappa shape index (κ1) is 25.4. The first-order valence-electron chi connectivity index (χ1n) is 11.0. The van der Waals surface area contributed by atoms with E-state index in [0.717, 1.165) is 32.2 Å². The highest BCUT2D eigenvalue weighted by Crippen LogP contribution is 2.39. The van der Waals surface area contributed by atoms with Crippen LogP contribution in [-0.2, 0) is 4.79 Å². The summed E-state index contributed by atoms with van der Waals surface area (Å²) in [6.45, 7) is 7.43. The highest BCUT2D eigenvalue weighted by Gasteiger charge is 2.40. The molecule has 4 rings (SSSR count). The second kappa shape index (κ2) is 11.3. The fraction of sp³-hybridized carbons (Fsp3) is 0.292. The monoisotopic (exact) mass is 481 g/mol. The van der Waals surface area contributed by atoms with Gasteiger partial charge in [0.2, 0.25) is 0 Å². The van der Waals surface area contributed by atoms with Gasteiger partial charge in [-0.15, -0.1) is 0 Å². The number of non-ortho nitro benzene ring substituents is 1. The number of carboxylic acids is 1. The number of carboxylic acid groups (broad SMARTS) is 1. The fourth-order valence-electron chi connectivity index (χ4n) is 4.21. The molecule has 0 aromatic heterocycles. The van der Waals surface area contributed by atoms with Crippen LogP contribution in [0.4, 0.5) is 11.4 Å². The zero-order valence-electron chi connectivity index (χ0n) is 19.4. The SMILES string of the molecule is CC1=C(C(=O)O)C(c2cccc([N+](=O)[O-])c2)C([N+](=O)[O-])=C(C)N1.c1ccc(N2CCNCC2)cc1. The summed E-state index contributed by atoms with van der Waals surface area (Å²) in [6.07, 6.45) is 0. The summed E-state index contributed by atoms with van der Waals surface area (Å²) in [5.41, 5.74) is 1.19. The molecule has 0 aliphatic carbocycles. The number of nitrogens with zero attached hydrogens (tertiary/aromatic N) is 3. The number of piperazine rings is 1. The van der Waals surface area contributed by atoms with Crippen LogP contribution >= 0.6 is 0 Å². The summed E-state index contributed by atoms with van der Waals surface area (Å²) in [5, 5.41) is 37.8. The summed E-state index contributed by atoms with van der Waals surface area (Å²) < 4.78 is 0. The summed E-state index contributed by atoms with van der Waals surface area (Å²) in [7, 11) is 0. The zero-order valence-corrected chi connectivity index (χ0v) is 19.4. The molecule has 2 aromatic carbocycles. The van der Waals surface area contributed by atoms with Crippen LogP contribution in [0.25, 0.3) is 0 Å². The van der Waals surface area contributed by atoms with Gasteiger partial charge in [-0.2, -0.15) is 0 Å². The molecule has 11 nitrogen and oxygen atoms in total. The standard InChI is InChI=1S/C14H13N3O6.C10H14N2/c1-7-11(14(18)19)12(13(17(22)23)8(2)15-7)9-4-3-5-10(6-9)16(20)21;1-2-4-10(5-3-1)12-8-6-11-7-9-12/h3-6,12,15H,1-2H3,(H,18,19);1-5,11H,6-9H2. The molecule has 1 unspecified atom stereocenters. The Balaban J connectivity index is 0.000000237. The summed E-state index contributed by atoms with van der Waals surface area (Å²) >= 11 is 0. The van der Waals surface area contributed by atoms with Crippen LogP contribution < -0.4 is 15.5 Å². The minimum Gasteiger partial charge on any atom is -0.478 e. The zero-order chi connectivity index (χ0) is 25.5. The van der Waals surface area contributed by atoms with Crippen LogP contribution in [0.2, 0.25) is 0 Å². The predicted octanol–water partition coefficient (Wildman–Crippen LogP) is 3.24. The van der Waals surface area contributed by atoms with Crippen LogP contribution in [0.15, 0.2) is 77.3 Å². The Labute approximate surface area is 202 Å². The van der Waals surface area contributed by atoms with Gasteiger partial charge in [-0.1, -0.05) is 30.3 Å². The minimum absolute atomic E-state index is 0.184. The van der Waals surface area contributed by atoms with E-state index in [1.54, 1.807) is 0 Å². The third kappa shape index (κ3) is 6.01. The third-order valence-electron chi connectivity index (χ3n) is 5.81. The van der Waals surface area contributed by atoms with Gasteiger partial charge < -0.3 is 20.6 Å². The van der Waals surface area contributed by atoms with Crippen molar-refractivity contribution in [2.75, 3.05) is 31.1 Å². The number of hydrogen-bond donors (Lipinski definition) is 3. The van der Waals surface area contributed by atoms with Crippen LogP contribution in [0.5, 0.6) is 0 Å². The lowest BCUT2D eigenvalue weighted by molar-refractivity contribution is -0.431. The Morgan fingerprint density at radius 3 is 2.20 bits per heavy atom. The molecule has 2 aromatic rings. The highest BCUT2D eigenvalue weighted by molar-refractivity contribution is 5.90. The van der Waals surface area contributed by atoms with Crippen molar-refractivity contribution in [3.05, 3.63) is 103 Å². The number of dihydropyridines is 1. The molecule has 1 fully saturated rings. The van der Waals surface area contributed by atoms with Crippen LogP contribution in [0, 0.1) is 20.2 Å². The molecule has 3 N–H and O–H groups in total. The van der Waals surface area contributed by atoms with E-state index in [2.05, 4.69) is 45.9 Å². The fourth-order valence-corrected chi connectivity index (χ4v) is 4.21. The lowest BCUT2D eigenvalue weighted by atomic mass is 9.84. The molecule has 0 spiro atoms. The number of carbonyl (C=O) groups is 1. The summed E-state index contributed by atoms with van der Waals surface area (Å²) in [4.78, 5) is 35.0. The van der Waals surface area contributed by atoms with Crippen molar-refractivity contribution in [3.63, 3.8) is 0 Å². The number of rotatable bonds is 5. The van der Waals surface area contributed by atoms with Gasteiger partial charge in [0, 0.05) is 49.7 Å².